The van der Waals surface area contributed by atoms with Gasteiger partial charge in [-0.1, -0.05) is 6.07 Å². The summed E-state index contributed by atoms with van der Waals surface area (Å²) in [6, 6.07) is 8.68. The van der Waals surface area contributed by atoms with E-state index in [9.17, 15) is 4.79 Å². The fourth-order valence-corrected chi connectivity index (χ4v) is 4.56. The number of nitrogens with two attached hydrogens (primary N) is 1. The van der Waals surface area contributed by atoms with Crippen LogP contribution in [0.25, 0.3) is 22.2 Å². The van der Waals surface area contributed by atoms with Crippen molar-refractivity contribution >= 4 is 33.9 Å². The lowest BCUT2D eigenvalue weighted by atomic mass is 9.90. The van der Waals surface area contributed by atoms with Crippen LogP contribution in [0.4, 0.5) is 10.2 Å². The highest BCUT2D eigenvalue weighted by molar-refractivity contribution is 5.98. The molecule has 4 aromatic heterocycles. The molecular formula is C24H22FN7O. The number of amides is 1. The Morgan fingerprint density at radius 1 is 1.24 bits per heavy atom. The second kappa shape index (κ2) is 7.26. The third-order valence-corrected chi connectivity index (χ3v) is 6.50. The highest BCUT2D eigenvalue weighted by atomic mass is 19.1. The number of halogens is 1. The number of aryl methyl sites for hydroxylation is 1. The lowest BCUT2D eigenvalue weighted by Crippen LogP contribution is -2.44. The fraction of sp³-hybridized carbons (Fsp3) is 0.250. The topological polar surface area (TPSA) is 93.8 Å². The third-order valence-electron chi connectivity index (χ3n) is 6.50. The summed E-state index contributed by atoms with van der Waals surface area (Å²) in [5.74, 6) is -0.00563. The van der Waals surface area contributed by atoms with E-state index in [1.54, 1.807) is 17.2 Å². The van der Waals surface area contributed by atoms with Gasteiger partial charge in [0.25, 0.3) is 5.91 Å². The second-order valence-electron chi connectivity index (χ2n) is 8.56. The number of fused-ring (bicyclic) bond motifs is 4. The van der Waals surface area contributed by atoms with Crippen molar-refractivity contribution in [2.75, 3.05) is 5.73 Å². The average molecular weight is 443 g/mol. The maximum atomic E-state index is 15.2. The first-order chi connectivity index (χ1) is 16.0. The van der Waals surface area contributed by atoms with Crippen LogP contribution in [0.3, 0.4) is 0 Å². The first-order valence-corrected chi connectivity index (χ1v) is 11.0. The van der Waals surface area contributed by atoms with Crippen molar-refractivity contribution in [3.8, 4) is 0 Å². The summed E-state index contributed by atoms with van der Waals surface area (Å²) < 4.78 is 18.9. The van der Waals surface area contributed by atoms with Crippen LogP contribution in [-0.2, 0) is 6.54 Å². The molecule has 1 aliphatic rings. The van der Waals surface area contributed by atoms with Crippen molar-refractivity contribution in [3.05, 3.63) is 71.8 Å². The summed E-state index contributed by atoms with van der Waals surface area (Å²) in [5, 5.41) is 0. The Bertz CT molecular complexity index is 1520. The largest absolute Gasteiger partial charge is 0.382 e. The minimum absolute atomic E-state index is 0.0131. The number of benzene rings is 1. The normalized spacial score (nSPS) is 14.2. The Hall–Kier alpha value is -4.01. The first-order valence-electron chi connectivity index (χ1n) is 11.0. The van der Waals surface area contributed by atoms with Crippen LogP contribution in [0, 0.1) is 12.7 Å². The number of rotatable bonds is 4. The monoisotopic (exact) mass is 443 g/mol. The molecule has 166 valence electrons. The van der Waals surface area contributed by atoms with Gasteiger partial charge in [-0.25, -0.2) is 19.3 Å². The van der Waals surface area contributed by atoms with Gasteiger partial charge in [0.1, 0.15) is 28.6 Å². The maximum absolute atomic E-state index is 15.2. The number of carbonyl (C=O) groups excluding carboxylic acids is 1. The van der Waals surface area contributed by atoms with E-state index in [0.29, 0.717) is 28.9 Å². The Morgan fingerprint density at radius 3 is 2.85 bits per heavy atom. The predicted octanol–water partition coefficient (Wildman–Crippen LogP) is 3.75. The molecule has 8 nitrogen and oxygen atoms in total. The average Bonchev–Trinajstić information content (AvgIpc) is 3.35. The van der Waals surface area contributed by atoms with Crippen LogP contribution in [-0.4, -0.2) is 40.6 Å². The van der Waals surface area contributed by atoms with Crippen molar-refractivity contribution in [2.24, 2.45) is 0 Å². The molecule has 0 unspecified atom stereocenters. The molecule has 0 atom stereocenters. The molecule has 6 rings (SSSR count). The molecule has 1 amide bonds. The minimum atomic E-state index is -0.615. The quantitative estimate of drug-likeness (QED) is 0.457. The molecule has 9 heteroatoms. The van der Waals surface area contributed by atoms with Crippen molar-refractivity contribution in [3.63, 3.8) is 0 Å². The van der Waals surface area contributed by atoms with Crippen LogP contribution >= 0.6 is 0 Å². The predicted molar refractivity (Wildman–Crippen MR) is 122 cm³/mol. The van der Waals surface area contributed by atoms with Gasteiger partial charge in [-0.05, 0) is 44.4 Å². The minimum Gasteiger partial charge on any atom is -0.382 e. The number of hydrogen-bond donors (Lipinski definition) is 1. The summed E-state index contributed by atoms with van der Waals surface area (Å²) in [6.07, 6.45) is 8.32. The zero-order chi connectivity index (χ0) is 22.7. The number of anilines is 1. The zero-order valence-electron chi connectivity index (χ0n) is 18.1. The first kappa shape index (κ1) is 19.7. The van der Waals surface area contributed by atoms with Crippen molar-refractivity contribution in [2.45, 2.75) is 38.8 Å². The Labute approximate surface area is 188 Å². The van der Waals surface area contributed by atoms with Crippen molar-refractivity contribution in [1.82, 2.24) is 28.7 Å². The van der Waals surface area contributed by atoms with E-state index < -0.39 is 5.82 Å². The molecule has 0 bridgehead atoms. The summed E-state index contributed by atoms with van der Waals surface area (Å²) in [6.45, 7) is 2.16. The number of aromatic nitrogens is 5. The maximum Gasteiger partial charge on any atom is 0.257 e. The van der Waals surface area contributed by atoms with Crippen LogP contribution in [0.1, 0.15) is 41.1 Å². The number of nitrogens with zero attached hydrogens (tertiary/aromatic N) is 6. The summed E-state index contributed by atoms with van der Waals surface area (Å²) in [5.41, 5.74) is 9.24. The van der Waals surface area contributed by atoms with Crippen molar-refractivity contribution < 1.29 is 9.18 Å². The van der Waals surface area contributed by atoms with Crippen LogP contribution in [0.15, 0.2) is 48.9 Å². The van der Waals surface area contributed by atoms with E-state index in [0.717, 1.165) is 30.6 Å². The second-order valence-corrected chi connectivity index (χ2v) is 8.56. The number of imidazole rings is 2. The standard InChI is InChI=1S/C24H22FN7O/c1-14-27-11-21-23(26)29-19-10-18(25)17(9-20(19)32(14)21)24(33)31(16-5-4-6-16)13-15-12-30-8-3-2-7-22(30)28-15/h2-3,7-12,16H,4-6,13H2,1H3,(H2,26,29). The van der Waals surface area contributed by atoms with Gasteiger partial charge in [-0.3, -0.25) is 9.20 Å². The zero-order valence-corrected chi connectivity index (χ0v) is 18.1. The van der Waals surface area contributed by atoms with Gasteiger partial charge in [-0.15, -0.1) is 0 Å². The molecule has 4 heterocycles. The lowest BCUT2D eigenvalue weighted by molar-refractivity contribution is 0.0549. The molecule has 2 N–H and O–H groups in total. The van der Waals surface area contributed by atoms with Crippen LogP contribution < -0.4 is 5.73 Å². The van der Waals surface area contributed by atoms with E-state index in [1.165, 1.54) is 6.07 Å². The van der Waals surface area contributed by atoms with E-state index in [2.05, 4.69) is 15.0 Å². The van der Waals surface area contributed by atoms with Gasteiger partial charge in [-0.2, -0.15) is 0 Å². The number of nitrogen functional groups attached to an aromatic ring is 1. The number of carbonyl (C=O) groups is 1. The molecule has 0 aliphatic heterocycles. The summed E-state index contributed by atoms with van der Waals surface area (Å²) in [4.78, 5) is 28.7. The molecule has 1 saturated carbocycles. The van der Waals surface area contributed by atoms with Gasteiger partial charge in [0.05, 0.1) is 35.0 Å². The molecule has 33 heavy (non-hydrogen) atoms. The van der Waals surface area contributed by atoms with E-state index in [-0.39, 0.29) is 23.3 Å². The molecule has 0 spiro atoms. The molecule has 1 aromatic carbocycles. The number of pyridine rings is 1. The van der Waals surface area contributed by atoms with Crippen LogP contribution in [0.2, 0.25) is 0 Å². The van der Waals surface area contributed by atoms with Gasteiger partial charge in [0.2, 0.25) is 0 Å². The molecular weight excluding hydrogens is 421 g/mol. The van der Waals surface area contributed by atoms with E-state index >= 15 is 4.39 Å². The third kappa shape index (κ3) is 3.11. The molecule has 5 aromatic rings. The molecule has 0 radical (unpaired) electrons. The van der Waals surface area contributed by atoms with Gasteiger partial charge in [0, 0.05) is 24.5 Å². The Morgan fingerprint density at radius 2 is 2.09 bits per heavy atom. The highest BCUT2D eigenvalue weighted by Gasteiger charge is 2.32. The van der Waals surface area contributed by atoms with Crippen molar-refractivity contribution in [1.29, 1.82) is 0 Å². The fourth-order valence-electron chi connectivity index (χ4n) is 4.56. The lowest BCUT2D eigenvalue weighted by Gasteiger charge is -2.37. The summed E-state index contributed by atoms with van der Waals surface area (Å²) in [7, 11) is 0. The highest BCUT2D eigenvalue weighted by Crippen LogP contribution is 2.30. The Kier molecular flexibility index (Phi) is 4.33. The van der Waals surface area contributed by atoms with Crippen LogP contribution in [0.5, 0.6) is 0 Å². The van der Waals surface area contributed by atoms with E-state index in [4.69, 9.17) is 5.73 Å². The smallest absolute Gasteiger partial charge is 0.257 e. The number of hydrogen-bond acceptors (Lipinski definition) is 5. The SMILES string of the molecule is Cc1ncc2c(N)nc3cc(F)c(C(=O)N(Cc4cn5ccccc5n4)C4CCC4)cc3n12. The van der Waals surface area contributed by atoms with E-state index in [1.807, 2.05) is 46.3 Å². The molecule has 1 aliphatic carbocycles. The van der Waals surface area contributed by atoms with Gasteiger partial charge in [0.15, 0.2) is 0 Å². The molecule has 0 saturated heterocycles. The van der Waals surface area contributed by atoms with Gasteiger partial charge >= 0.3 is 0 Å². The van der Waals surface area contributed by atoms with Gasteiger partial charge < -0.3 is 15.0 Å². The molecule has 1 fully saturated rings. The summed E-state index contributed by atoms with van der Waals surface area (Å²) >= 11 is 0. The Balaban J connectivity index is 1.44.